The van der Waals surface area contributed by atoms with Crippen LogP contribution >= 0.6 is 31.9 Å². The lowest BCUT2D eigenvalue weighted by molar-refractivity contribution is -0.143. The van der Waals surface area contributed by atoms with Crippen LogP contribution in [-0.4, -0.2) is 24.0 Å². The molecule has 0 amide bonds. The average Bonchev–Trinajstić information content (AvgIpc) is 2.62. The van der Waals surface area contributed by atoms with Crippen LogP contribution in [0.2, 0.25) is 0 Å². The van der Waals surface area contributed by atoms with Crippen LogP contribution < -0.4 is 4.74 Å². The highest BCUT2D eigenvalue weighted by atomic mass is 79.9. The molecule has 2 atom stereocenters. The van der Waals surface area contributed by atoms with Gasteiger partial charge in [-0.15, -0.1) is 0 Å². The first-order chi connectivity index (χ1) is 12.1. The van der Waals surface area contributed by atoms with Crippen molar-refractivity contribution < 1.29 is 14.3 Å². The van der Waals surface area contributed by atoms with E-state index in [-0.39, 0.29) is 10.8 Å². The van der Waals surface area contributed by atoms with Crippen LogP contribution in [-0.2, 0) is 9.53 Å². The Morgan fingerprint density at radius 3 is 2.56 bits per heavy atom. The minimum Gasteiger partial charge on any atom is -0.493 e. The van der Waals surface area contributed by atoms with Gasteiger partial charge in [0.1, 0.15) is 5.75 Å². The Balaban J connectivity index is 2.50. The van der Waals surface area contributed by atoms with Crippen molar-refractivity contribution in [1.82, 2.24) is 0 Å². The van der Waals surface area contributed by atoms with Gasteiger partial charge >= 0.3 is 5.97 Å². The van der Waals surface area contributed by atoms with E-state index in [0.29, 0.717) is 30.9 Å². The monoisotopic (exact) mass is 476 g/mol. The van der Waals surface area contributed by atoms with Gasteiger partial charge in [0.05, 0.1) is 18.0 Å². The molecular formula is C20H30Br2O3. The third kappa shape index (κ3) is 9.09. The number of halogens is 2. The summed E-state index contributed by atoms with van der Waals surface area (Å²) in [7, 11) is 0. The summed E-state index contributed by atoms with van der Waals surface area (Å²) >= 11 is 7.64. The summed E-state index contributed by atoms with van der Waals surface area (Å²) in [6.45, 7) is 4.99. The number of esters is 1. The minimum atomic E-state index is -0.162. The molecule has 1 rings (SSSR count). The molecule has 142 valence electrons. The van der Waals surface area contributed by atoms with E-state index in [1.165, 1.54) is 25.7 Å². The van der Waals surface area contributed by atoms with Crippen LogP contribution in [0.25, 0.3) is 0 Å². The third-order valence-electron chi connectivity index (χ3n) is 3.96. The zero-order chi connectivity index (χ0) is 18.5. The molecule has 0 spiro atoms. The Kier molecular flexibility index (Phi) is 12.3. The third-order valence-corrected chi connectivity index (χ3v) is 6.78. The van der Waals surface area contributed by atoms with Crippen LogP contribution in [0, 0.1) is 0 Å². The maximum atomic E-state index is 11.4. The Morgan fingerprint density at radius 1 is 1.08 bits per heavy atom. The van der Waals surface area contributed by atoms with Crippen LogP contribution in [0.4, 0.5) is 0 Å². The molecule has 0 aliphatic rings. The van der Waals surface area contributed by atoms with E-state index in [0.717, 1.165) is 17.7 Å². The second-order valence-corrected chi connectivity index (χ2v) is 8.22. The second-order valence-electron chi connectivity index (χ2n) is 6.06. The number of alkyl halides is 2. The van der Waals surface area contributed by atoms with Crippen molar-refractivity contribution in [1.29, 1.82) is 0 Å². The van der Waals surface area contributed by atoms with Gasteiger partial charge in [-0.3, -0.25) is 4.79 Å². The highest BCUT2D eigenvalue weighted by molar-refractivity contribution is 9.12. The molecule has 3 nitrogen and oxygen atoms in total. The molecule has 0 saturated heterocycles. The second kappa shape index (κ2) is 13.6. The van der Waals surface area contributed by atoms with Gasteiger partial charge in [0, 0.05) is 16.8 Å². The predicted molar refractivity (Wildman–Crippen MR) is 111 cm³/mol. The molecule has 5 heteroatoms. The predicted octanol–water partition coefficient (Wildman–Crippen LogP) is 6.58. The molecule has 0 aliphatic heterocycles. The summed E-state index contributed by atoms with van der Waals surface area (Å²) in [5, 5.41) is 0. The van der Waals surface area contributed by atoms with Crippen molar-refractivity contribution in [2.24, 2.45) is 0 Å². The van der Waals surface area contributed by atoms with Crippen molar-refractivity contribution in [3.8, 4) is 5.75 Å². The number of ether oxygens (including phenoxy) is 2. The normalized spacial score (nSPS) is 13.3. The molecule has 2 unspecified atom stereocenters. The lowest BCUT2D eigenvalue weighted by Crippen LogP contribution is -2.10. The highest BCUT2D eigenvalue weighted by Gasteiger charge is 2.21. The van der Waals surface area contributed by atoms with E-state index in [1.807, 2.05) is 25.1 Å². The van der Waals surface area contributed by atoms with E-state index in [1.54, 1.807) is 0 Å². The summed E-state index contributed by atoms with van der Waals surface area (Å²) in [5.41, 5.74) is 1.15. The molecule has 0 aromatic heterocycles. The van der Waals surface area contributed by atoms with Crippen LogP contribution in [0.5, 0.6) is 5.75 Å². The first-order valence-corrected chi connectivity index (χ1v) is 11.1. The Hall–Kier alpha value is -0.550. The molecule has 0 aliphatic carbocycles. The van der Waals surface area contributed by atoms with Crippen molar-refractivity contribution in [3.63, 3.8) is 0 Å². The Morgan fingerprint density at radius 2 is 1.84 bits per heavy atom. The fourth-order valence-corrected chi connectivity index (χ4v) is 3.83. The fraction of sp³-hybridized carbons (Fsp3) is 0.650. The lowest BCUT2D eigenvalue weighted by atomic mass is 10.0. The smallest absolute Gasteiger partial charge is 0.305 e. The molecule has 25 heavy (non-hydrogen) atoms. The topological polar surface area (TPSA) is 35.5 Å². The summed E-state index contributed by atoms with van der Waals surface area (Å²) in [6.07, 6.45) is 7.26. The summed E-state index contributed by atoms with van der Waals surface area (Å²) < 4.78 is 10.9. The molecule has 0 saturated carbocycles. The van der Waals surface area contributed by atoms with E-state index in [9.17, 15) is 4.79 Å². The number of para-hydroxylation sites is 1. The molecule has 1 aromatic carbocycles. The van der Waals surface area contributed by atoms with Gasteiger partial charge < -0.3 is 9.47 Å². The van der Waals surface area contributed by atoms with Gasteiger partial charge in [-0.05, 0) is 25.8 Å². The lowest BCUT2D eigenvalue weighted by Gasteiger charge is -2.20. The van der Waals surface area contributed by atoms with Gasteiger partial charge in [0.2, 0.25) is 0 Å². The van der Waals surface area contributed by atoms with E-state index >= 15 is 0 Å². The Labute approximate surface area is 169 Å². The van der Waals surface area contributed by atoms with Crippen molar-refractivity contribution >= 4 is 37.8 Å². The van der Waals surface area contributed by atoms with Crippen LogP contribution in [0.15, 0.2) is 24.3 Å². The van der Waals surface area contributed by atoms with Crippen LogP contribution in [0.1, 0.15) is 69.2 Å². The number of hydrogen-bond acceptors (Lipinski definition) is 3. The summed E-state index contributed by atoms with van der Waals surface area (Å²) in [4.78, 5) is 11.9. The number of unbranched alkanes of at least 4 members (excludes halogenated alkanes) is 3. The molecule has 0 radical (unpaired) electrons. The standard InChI is InChI=1S/C20H30Br2O3/c1-3-5-6-7-12-17(21)20(22)16-11-8-9-13-18(16)25-15-10-14-19(23)24-4-2/h8-9,11,13,17,20H,3-7,10,12,14-15H2,1-2H3. The molecule has 0 N–H and O–H groups in total. The highest BCUT2D eigenvalue weighted by Crippen LogP contribution is 2.38. The summed E-state index contributed by atoms with van der Waals surface area (Å²) in [6, 6.07) is 8.10. The zero-order valence-corrected chi connectivity index (χ0v) is 18.5. The maximum absolute atomic E-state index is 11.4. The van der Waals surface area contributed by atoms with Crippen molar-refractivity contribution in [3.05, 3.63) is 29.8 Å². The SMILES string of the molecule is CCCCCCC(Br)C(Br)c1ccccc1OCCCC(=O)OCC. The number of hydrogen-bond donors (Lipinski definition) is 0. The van der Waals surface area contributed by atoms with E-state index in [2.05, 4.69) is 44.8 Å². The number of rotatable bonds is 13. The number of carbonyl (C=O) groups excluding carboxylic acids is 1. The van der Waals surface area contributed by atoms with E-state index in [4.69, 9.17) is 9.47 Å². The van der Waals surface area contributed by atoms with Gasteiger partial charge in [0.15, 0.2) is 0 Å². The largest absolute Gasteiger partial charge is 0.493 e. The van der Waals surface area contributed by atoms with Gasteiger partial charge in [-0.25, -0.2) is 0 Å². The van der Waals surface area contributed by atoms with Gasteiger partial charge in [0.25, 0.3) is 0 Å². The van der Waals surface area contributed by atoms with Crippen molar-refractivity contribution in [2.45, 2.75) is 68.4 Å². The maximum Gasteiger partial charge on any atom is 0.305 e. The number of carbonyl (C=O) groups is 1. The molecule has 0 fully saturated rings. The van der Waals surface area contributed by atoms with Gasteiger partial charge in [-0.2, -0.15) is 0 Å². The fourth-order valence-electron chi connectivity index (χ4n) is 2.58. The Bertz CT molecular complexity index is 494. The minimum absolute atomic E-state index is 0.162. The summed E-state index contributed by atoms with van der Waals surface area (Å²) in [5.74, 6) is 0.719. The quantitative estimate of drug-likeness (QED) is 0.183. The first kappa shape index (κ1) is 22.5. The molecule has 1 aromatic rings. The van der Waals surface area contributed by atoms with Crippen LogP contribution in [0.3, 0.4) is 0 Å². The van der Waals surface area contributed by atoms with E-state index < -0.39 is 0 Å². The molecular weight excluding hydrogens is 448 g/mol. The zero-order valence-electron chi connectivity index (χ0n) is 15.3. The molecule has 0 bridgehead atoms. The van der Waals surface area contributed by atoms with Crippen molar-refractivity contribution in [2.75, 3.05) is 13.2 Å². The number of benzene rings is 1. The first-order valence-electron chi connectivity index (χ1n) is 9.25. The average molecular weight is 478 g/mol. The molecule has 0 heterocycles. The van der Waals surface area contributed by atoms with Gasteiger partial charge in [-0.1, -0.05) is 82.7 Å².